The van der Waals surface area contributed by atoms with E-state index in [0.29, 0.717) is 21.5 Å². The Labute approximate surface area is 124 Å². The van der Waals surface area contributed by atoms with Gasteiger partial charge in [0.05, 0.1) is 10.9 Å². The van der Waals surface area contributed by atoms with Crippen molar-refractivity contribution in [3.63, 3.8) is 0 Å². The maximum atomic E-state index is 12.2. The number of rotatable bonds is 1. The lowest BCUT2D eigenvalue weighted by Crippen LogP contribution is -2.07. The van der Waals surface area contributed by atoms with Crippen LogP contribution in [0.5, 0.6) is 0 Å². The fraction of sp³-hybridized carbons (Fsp3) is 0. The molecule has 1 aromatic heterocycles. The Hall–Kier alpha value is -3.14. The number of hydrogen-bond acceptors (Lipinski definition) is 2. The van der Waals surface area contributed by atoms with Gasteiger partial charge in [-0.25, -0.2) is 4.79 Å². The molecule has 0 aliphatic carbocycles. The summed E-state index contributed by atoms with van der Waals surface area (Å²) in [7, 11) is 0. The molecule has 0 aliphatic heterocycles. The fourth-order valence-electron chi connectivity index (χ4n) is 2.97. The summed E-state index contributed by atoms with van der Waals surface area (Å²) in [6, 6.07) is 14.7. The van der Waals surface area contributed by atoms with Crippen molar-refractivity contribution in [2.75, 3.05) is 0 Å². The highest BCUT2D eigenvalue weighted by molar-refractivity contribution is 6.18. The maximum absolute atomic E-state index is 12.2. The predicted molar refractivity (Wildman–Crippen MR) is 86.5 cm³/mol. The summed E-state index contributed by atoms with van der Waals surface area (Å²) < 4.78 is 0. The average molecular weight is 289 g/mol. The highest BCUT2D eigenvalue weighted by Gasteiger charge is 2.14. The van der Waals surface area contributed by atoms with Gasteiger partial charge in [-0.1, -0.05) is 24.3 Å². The Bertz CT molecular complexity index is 1130. The van der Waals surface area contributed by atoms with Crippen LogP contribution >= 0.6 is 0 Å². The molecule has 106 valence electrons. The molecule has 22 heavy (non-hydrogen) atoms. The van der Waals surface area contributed by atoms with Crippen molar-refractivity contribution in [3.8, 4) is 0 Å². The highest BCUT2D eigenvalue weighted by Crippen LogP contribution is 2.30. The molecule has 2 N–H and O–H groups in total. The number of aromatic carboxylic acids is 1. The van der Waals surface area contributed by atoms with Gasteiger partial charge >= 0.3 is 5.97 Å². The number of carboxylic acid groups (broad SMARTS) is 1. The quantitative estimate of drug-likeness (QED) is 0.416. The lowest BCUT2D eigenvalue weighted by atomic mass is 9.95. The van der Waals surface area contributed by atoms with Crippen molar-refractivity contribution in [1.82, 2.24) is 4.98 Å². The molecule has 0 saturated heterocycles. The van der Waals surface area contributed by atoms with Crippen LogP contribution in [0.3, 0.4) is 0 Å². The van der Waals surface area contributed by atoms with Crippen LogP contribution in [0.4, 0.5) is 0 Å². The van der Waals surface area contributed by atoms with Crippen molar-refractivity contribution >= 4 is 38.3 Å². The number of aromatic nitrogens is 1. The van der Waals surface area contributed by atoms with Crippen molar-refractivity contribution in [3.05, 3.63) is 70.6 Å². The minimum absolute atomic E-state index is 0.207. The molecule has 3 aromatic carbocycles. The van der Waals surface area contributed by atoms with E-state index in [2.05, 4.69) is 4.98 Å². The standard InChI is InChI=1S/C18H11NO3/c20-17-16-12(5-6-19-17)9-15(18(21)22)13-7-10-3-1-2-4-11(10)8-14(13)16/h1-9H,(H,19,20)(H,21,22). The SMILES string of the molecule is O=C(O)c1cc2cc[nH]c(=O)c2c2cc3ccccc3cc12. The summed E-state index contributed by atoms with van der Waals surface area (Å²) in [5, 5.41) is 13.8. The van der Waals surface area contributed by atoms with Gasteiger partial charge in [-0.3, -0.25) is 4.79 Å². The third-order valence-corrected chi connectivity index (χ3v) is 3.97. The molecule has 4 aromatic rings. The topological polar surface area (TPSA) is 70.2 Å². The Kier molecular flexibility index (Phi) is 2.53. The van der Waals surface area contributed by atoms with E-state index in [-0.39, 0.29) is 11.1 Å². The van der Waals surface area contributed by atoms with Gasteiger partial charge in [0.25, 0.3) is 5.56 Å². The summed E-state index contributed by atoms with van der Waals surface area (Å²) in [5.41, 5.74) is -0.00595. The molecular weight excluding hydrogens is 278 g/mol. The van der Waals surface area contributed by atoms with Gasteiger partial charge in [0.1, 0.15) is 0 Å². The lowest BCUT2D eigenvalue weighted by molar-refractivity contribution is 0.0699. The first kappa shape index (κ1) is 12.6. The van der Waals surface area contributed by atoms with Crippen LogP contribution < -0.4 is 5.56 Å². The van der Waals surface area contributed by atoms with Gasteiger partial charge in [-0.15, -0.1) is 0 Å². The Balaban J connectivity index is 2.35. The molecule has 0 amide bonds. The van der Waals surface area contributed by atoms with E-state index < -0.39 is 5.97 Å². The minimum atomic E-state index is -0.998. The van der Waals surface area contributed by atoms with Gasteiger partial charge < -0.3 is 10.1 Å². The van der Waals surface area contributed by atoms with Crippen molar-refractivity contribution in [1.29, 1.82) is 0 Å². The van der Waals surface area contributed by atoms with E-state index in [4.69, 9.17) is 0 Å². The number of carboxylic acids is 1. The number of nitrogens with one attached hydrogen (secondary N) is 1. The molecule has 0 radical (unpaired) electrons. The van der Waals surface area contributed by atoms with Crippen LogP contribution in [-0.4, -0.2) is 16.1 Å². The Morgan fingerprint density at radius 3 is 2.27 bits per heavy atom. The number of pyridine rings is 1. The summed E-state index contributed by atoms with van der Waals surface area (Å²) in [4.78, 5) is 26.5. The van der Waals surface area contributed by atoms with Crippen molar-refractivity contribution in [2.45, 2.75) is 0 Å². The number of aromatic amines is 1. The Morgan fingerprint density at radius 1 is 0.909 bits per heavy atom. The zero-order chi connectivity index (χ0) is 15.3. The molecule has 4 rings (SSSR count). The monoisotopic (exact) mass is 289 g/mol. The number of hydrogen-bond donors (Lipinski definition) is 2. The third kappa shape index (κ3) is 1.71. The van der Waals surface area contributed by atoms with Gasteiger partial charge in [0.15, 0.2) is 0 Å². The molecule has 0 aliphatic rings. The molecule has 0 spiro atoms. The molecule has 4 heteroatoms. The largest absolute Gasteiger partial charge is 0.478 e. The summed E-state index contributed by atoms with van der Waals surface area (Å²) in [5.74, 6) is -0.998. The highest BCUT2D eigenvalue weighted by atomic mass is 16.4. The number of carbonyl (C=O) groups is 1. The predicted octanol–water partition coefficient (Wildman–Crippen LogP) is 3.53. The van der Waals surface area contributed by atoms with Crippen LogP contribution in [0, 0.1) is 0 Å². The molecule has 0 atom stereocenters. The number of fused-ring (bicyclic) bond motifs is 4. The molecule has 4 nitrogen and oxygen atoms in total. The first-order valence-electron chi connectivity index (χ1n) is 6.85. The summed E-state index contributed by atoms with van der Waals surface area (Å²) >= 11 is 0. The molecule has 0 unspecified atom stereocenters. The van der Waals surface area contributed by atoms with Crippen molar-refractivity contribution in [2.24, 2.45) is 0 Å². The first-order chi connectivity index (χ1) is 10.6. The molecule has 1 heterocycles. The van der Waals surface area contributed by atoms with Crippen LogP contribution in [0.25, 0.3) is 32.3 Å². The molecule has 0 saturated carbocycles. The zero-order valence-corrected chi connectivity index (χ0v) is 11.5. The maximum Gasteiger partial charge on any atom is 0.336 e. The second-order valence-electron chi connectivity index (χ2n) is 5.25. The van der Waals surface area contributed by atoms with Gasteiger partial charge in [-0.05, 0) is 51.2 Å². The normalized spacial score (nSPS) is 11.3. The smallest absolute Gasteiger partial charge is 0.336 e. The third-order valence-electron chi connectivity index (χ3n) is 3.97. The van der Waals surface area contributed by atoms with Crippen molar-refractivity contribution < 1.29 is 9.90 Å². The van der Waals surface area contributed by atoms with Crippen LogP contribution in [0.15, 0.2) is 59.5 Å². The number of H-pyrrole nitrogens is 1. The summed E-state index contributed by atoms with van der Waals surface area (Å²) in [6.45, 7) is 0. The second kappa shape index (κ2) is 4.43. The first-order valence-corrected chi connectivity index (χ1v) is 6.85. The summed E-state index contributed by atoms with van der Waals surface area (Å²) in [6.07, 6.45) is 1.53. The molecular formula is C18H11NO3. The average Bonchev–Trinajstić information content (AvgIpc) is 2.52. The van der Waals surface area contributed by atoms with E-state index >= 15 is 0 Å². The second-order valence-corrected chi connectivity index (χ2v) is 5.25. The van der Waals surface area contributed by atoms with Gasteiger partial charge in [0.2, 0.25) is 0 Å². The van der Waals surface area contributed by atoms with E-state index in [0.717, 1.165) is 10.8 Å². The van der Waals surface area contributed by atoms with E-state index in [1.54, 1.807) is 12.1 Å². The van der Waals surface area contributed by atoms with E-state index in [1.165, 1.54) is 6.20 Å². The molecule has 0 bridgehead atoms. The molecule has 0 fully saturated rings. The van der Waals surface area contributed by atoms with E-state index in [9.17, 15) is 14.7 Å². The van der Waals surface area contributed by atoms with Crippen LogP contribution in [0.1, 0.15) is 10.4 Å². The fourth-order valence-corrected chi connectivity index (χ4v) is 2.97. The van der Waals surface area contributed by atoms with Gasteiger partial charge in [-0.2, -0.15) is 0 Å². The van der Waals surface area contributed by atoms with Crippen LogP contribution in [-0.2, 0) is 0 Å². The zero-order valence-electron chi connectivity index (χ0n) is 11.5. The Morgan fingerprint density at radius 2 is 1.59 bits per heavy atom. The van der Waals surface area contributed by atoms with Crippen LogP contribution in [0.2, 0.25) is 0 Å². The lowest BCUT2D eigenvalue weighted by Gasteiger charge is -2.09. The minimum Gasteiger partial charge on any atom is -0.478 e. The number of benzene rings is 3. The van der Waals surface area contributed by atoms with E-state index in [1.807, 2.05) is 36.4 Å². The van der Waals surface area contributed by atoms with Gasteiger partial charge in [0, 0.05) is 6.20 Å².